The first kappa shape index (κ1) is 18.0. The molecule has 2 atom stereocenters. The van der Waals surface area contributed by atoms with Crippen molar-refractivity contribution in [2.75, 3.05) is 19.1 Å². The number of nitrogens with zero attached hydrogens (tertiary/aromatic N) is 4. The van der Waals surface area contributed by atoms with Crippen molar-refractivity contribution in [2.24, 2.45) is 0 Å². The van der Waals surface area contributed by atoms with Crippen LogP contribution in [-0.4, -0.2) is 50.3 Å². The van der Waals surface area contributed by atoms with Crippen molar-refractivity contribution < 1.29 is 18.6 Å². The Morgan fingerprint density at radius 1 is 1.48 bits per heavy atom. The van der Waals surface area contributed by atoms with Crippen molar-refractivity contribution in [3.63, 3.8) is 0 Å². The molecule has 2 aromatic rings. The van der Waals surface area contributed by atoms with Crippen LogP contribution in [0.15, 0.2) is 36.9 Å². The molecule has 10 heteroatoms. The maximum atomic E-state index is 13.8. The minimum Gasteiger partial charge on any atom is -0.468 e. The topological polar surface area (TPSA) is 86.5 Å². The zero-order valence-corrected chi connectivity index (χ0v) is 15.7. The maximum absolute atomic E-state index is 13.8. The molecule has 134 valence electrons. The third kappa shape index (κ3) is 3.44. The van der Waals surface area contributed by atoms with Crippen molar-refractivity contribution in [1.29, 1.82) is 0 Å². The van der Waals surface area contributed by atoms with Crippen molar-refractivity contribution in [2.45, 2.75) is 19.0 Å². The van der Waals surface area contributed by atoms with E-state index < -0.39 is 19.7 Å². The van der Waals surface area contributed by atoms with E-state index in [-0.39, 0.29) is 0 Å². The number of methoxy groups -OCH3 is 1. The summed E-state index contributed by atoms with van der Waals surface area (Å²) in [6.07, 6.45) is 5.06. The van der Waals surface area contributed by atoms with Gasteiger partial charge in [0.25, 0.3) is 0 Å². The number of hydrogen-bond acceptors (Lipinski definition) is 7. The number of thioether (sulfide) groups is 1. The summed E-state index contributed by atoms with van der Waals surface area (Å²) in [5, 5.41) is 4.00. The average molecular weight is 382 g/mol. The Kier molecular flexibility index (Phi) is 5.46. The smallest absolute Gasteiger partial charge is 0.444 e. The van der Waals surface area contributed by atoms with E-state index in [1.165, 1.54) is 24.2 Å². The lowest BCUT2D eigenvalue weighted by Gasteiger charge is -2.38. The van der Waals surface area contributed by atoms with Gasteiger partial charge in [-0.05, 0) is 24.5 Å². The quantitative estimate of drug-likeness (QED) is 0.556. The molecule has 0 fully saturated rings. The highest BCUT2D eigenvalue weighted by molar-refractivity contribution is 7.98. The maximum Gasteiger partial charge on any atom is 0.444 e. The molecule has 1 aromatic heterocycles. The second-order valence-corrected chi connectivity index (χ2v) is 8.50. The Morgan fingerprint density at radius 3 is 2.96 bits per heavy atom. The van der Waals surface area contributed by atoms with Gasteiger partial charge in [0.1, 0.15) is 24.4 Å². The standard InChI is InChI=1S/C15H19N4O4PS/c1-22-15(20)13(7-8-25-2)18-9-12-5-3-4-6-14(12)23-24(18,21)19-11-16-10-17-19/h3-6,10-11,13H,7-9H2,1-2H3/t13-,24?/m0/s1. The third-order valence-corrected chi connectivity index (χ3v) is 6.81. The summed E-state index contributed by atoms with van der Waals surface area (Å²) in [5.74, 6) is 0.790. The molecular formula is C15H19N4O4PS. The molecule has 25 heavy (non-hydrogen) atoms. The van der Waals surface area contributed by atoms with Crippen molar-refractivity contribution in [1.82, 2.24) is 19.2 Å². The van der Waals surface area contributed by atoms with E-state index in [9.17, 15) is 9.36 Å². The van der Waals surface area contributed by atoms with Gasteiger partial charge in [-0.25, -0.2) is 9.55 Å². The van der Waals surface area contributed by atoms with Gasteiger partial charge in [-0.15, -0.1) is 5.10 Å². The minimum absolute atomic E-state index is 0.293. The van der Waals surface area contributed by atoms with E-state index >= 15 is 0 Å². The number of esters is 1. The van der Waals surface area contributed by atoms with Gasteiger partial charge in [-0.3, -0.25) is 4.79 Å². The van der Waals surface area contributed by atoms with Gasteiger partial charge < -0.3 is 9.26 Å². The summed E-state index contributed by atoms with van der Waals surface area (Å²) >= 11 is 1.61. The van der Waals surface area contributed by atoms with Crippen LogP contribution in [0.4, 0.5) is 0 Å². The number of hydrogen-bond donors (Lipinski definition) is 0. The van der Waals surface area contributed by atoms with Gasteiger partial charge in [-0.1, -0.05) is 18.2 Å². The highest BCUT2D eigenvalue weighted by Gasteiger charge is 2.47. The first-order valence-corrected chi connectivity index (χ1v) is 10.6. The van der Waals surface area contributed by atoms with Gasteiger partial charge in [0.2, 0.25) is 0 Å². The second-order valence-electron chi connectivity index (χ2n) is 5.42. The van der Waals surface area contributed by atoms with E-state index in [1.54, 1.807) is 22.5 Å². The third-order valence-electron chi connectivity index (χ3n) is 3.94. The normalized spacial score (nSPS) is 21.2. The summed E-state index contributed by atoms with van der Waals surface area (Å²) in [6, 6.07) is 6.62. The SMILES string of the molecule is COC(=O)[C@H](CCSC)N1Cc2ccccc2OP1(=O)n1cncn1. The predicted molar refractivity (Wildman–Crippen MR) is 94.4 cm³/mol. The van der Waals surface area contributed by atoms with Crippen LogP contribution in [0.3, 0.4) is 0 Å². The molecule has 1 unspecified atom stereocenters. The number of benzene rings is 1. The number of carbonyl (C=O) groups is 1. The monoisotopic (exact) mass is 382 g/mol. The molecule has 8 nitrogen and oxygen atoms in total. The van der Waals surface area contributed by atoms with Crippen molar-refractivity contribution in [3.8, 4) is 5.75 Å². The summed E-state index contributed by atoms with van der Waals surface area (Å²) < 4.78 is 27.3. The average Bonchev–Trinajstić information content (AvgIpc) is 3.17. The molecule has 0 saturated heterocycles. The number of rotatable bonds is 6. The van der Waals surface area contributed by atoms with Gasteiger partial charge in [0.15, 0.2) is 0 Å². The number of aromatic nitrogens is 3. The zero-order valence-electron chi connectivity index (χ0n) is 13.9. The Morgan fingerprint density at radius 2 is 2.28 bits per heavy atom. The lowest BCUT2D eigenvalue weighted by Crippen LogP contribution is -2.44. The molecule has 1 aromatic carbocycles. The lowest BCUT2D eigenvalue weighted by atomic mass is 10.1. The second kappa shape index (κ2) is 7.59. The van der Waals surface area contributed by atoms with Gasteiger partial charge in [0, 0.05) is 12.1 Å². The first-order valence-electron chi connectivity index (χ1n) is 7.67. The highest BCUT2D eigenvalue weighted by Crippen LogP contribution is 2.57. The Hall–Kier alpha value is -1.83. The first-order chi connectivity index (χ1) is 12.1. The number of fused-ring (bicyclic) bond motifs is 1. The molecule has 3 rings (SSSR count). The highest BCUT2D eigenvalue weighted by atomic mass is 32.2. The largest absolute Gasteiger partial charge is 0.468 e. The fourth-order valence-corrected chi connectivity index (χ4v) is 5.28. The van der Waals surface area contributed by atoms with Crippen molar-refractivity contribution >= 4 is 25.4 Å². The summed E-state index contributed by atoms with van der Waals surface area (Å²) in [5.41, 5.74) is 0.854. The molecule has 1 aliphatic heterocycles. The Labute approximate surface area is 150 Å². The van der Waals surface area contributed by atoms with E-state index in [1.807, 2.05) is 24.5 Å². The number of ether oxygens (including phenoxy) is 1. The van der Waals surface area contributed by atoms with Gasteiger partial charge >= 0.3 is 13.6 Å². The van der Waals surface area contributed by atoms with Crippen LogP contribution in [0.5, 0.6) is 5.75 Å². The molecule has 0 saturated carbocycles. The molecular weight excluding hydrogens is 363 g/mol. The van der Waals surface area contributed by atoms with Crippen LogP contribution < -0.4 is 4.52 Å². The van der Waals surface area contributed by atoms with Crippen LogP contribution in [-0.2, 0) is 20.6 Å². The number of carbonyl (C=O) groups excluding carboxylic acids is 1. The number of para-hydroxylation sites is 1. The fraction of sp³-hybridized carbons (Fsp3) is 0.400. The van der Waals surface area contributed by atoms with Crippen LogP contribution in [0.25, 0.3) is 0 Å². The molecule has 0 amide bonds. The summed E-state index contributed by atoms with van der Waals surface area (Å²) in [4.78, 5) is 16.3. The molecule has 0 radical (unpaired) electrons. The fourth-order valence-electron chi connectivity index (χ4n) is 2.70. The lowest BCUT2D eigenvalue weighted by molar-refractivity contribution is -0.145. The van der Waals surface area contributed by atoms with Crippen LogP contribution >= 0.6 is 19.4 Å². The van der Waals surface area contributed by atoms with Crippen LogP contribution in [0, 0.1) is 0 Å². The van der Waals surface area contributed by atoms with Crippen molar-refractivity contribution in [3.05, 3.63) is 42.5 Å². The predicted octanol–water partition coefficient (Wildman–Crippen LogP) is 2.42. The van der Waals surface area contributed by atoms with E-state index in [2.05, 4.69) is 10.1 Å². The minimum atomic E-state index is -3.66. The summed E-state index contributed by atoms with van der Waals surface area (Å²) in [7, 11) is -2.33. The molecule has 0 bridgehead atoms. The molecule has 2 heterocycles. The zero-order chi connectivity index (χ0) is 17.9. The van der Waals surface area contributed by atoms with Crippen LogP contribution in [0.2, 0.25) is 0 Å². The van der Waals surface area contributed by atoms with Gasteiger partial charge in [0.05, 0.1) is 7.11 Å². The van der Waals surface area contributed by atoms with E-state index in [0.717, 1.165) is 11.3 Å². The molecule has 0 spiro atoms. The van der Waals surface area contributed by atoms with Gasteiger partial charge in [-0.2, -0.15) is 20.9 Å². The Bertz CT molecular complexity index is 786. The molecule has 0 N–H and O–H groups in total. The Balaban J connectivity index is 2.06. The molecule has 0 aliphatic carbocycles. The van der Waals surface area contributed by atoms with E-state index in [4.69, 9.17) is 9.26 Å². The molecule has 1 aliphatic rings. The van der Waals surface area contributed by atoms with E-state index in [0.29, 0.717) is 18.7 Å². The summed E-state index contributed by atoms with van der Waals surface area (Å²) in [6.45, 7) is 0.293. The van der Waals surface area contributed by atoms with Crippen LogP contribution in [0.1, 0.15) is 12.0 Å².